The van der Waals surface area contributed by atoms with Crippen LogP contribution < -0.4 is 0 Å². The Hall–Kier alpha value is -1.85. The molecule has 0 bridgehead atoms. The Kier molecular flexibility index (Phi) is 37.5. The van der Waals surface area contributed by atoms with Gasteiger partial charge < -0.3 is 14.2 Å². The fraction of sp³-hybridized carbons (Fsp3) is 0.884. The molecular formula is C43H80O6. The molecule has 0 unspecified atom stereocenters. The molecule has 0 aromatic heterocycles. The third kappa shape index (κ3) is 37.2. The van der Waals surface area contributed by atoms with E-state index in [9.17, 15) is 14.4 Å². The molecule has 0 aliphatic carbocycles. The molecule has 0 N–H and O–H groups in total. The van der Waals surface area contributed by atoms with Crippen LogP contribution in [0.3, 0.4) is 0 Å². The van der Waals surface area contributed by atoms with Gasteiger partial charge in [-0.25, -0.2) is 0 Å². The first-order valence-electron chi connectivity index (χ1n) is 21.2. The summed E-state index contributed by atoms with van der Waals surface area (Å²) >= 11 is 0. The molecule has 6 nitrogen and oxygen atoms in total. The van der Waals surface area contributed by atoms with Gasteiger partial charge in [0.1, 0.15) is 13.2 Å². The van der Waals surface area contributed by atoms with Crippen LogP contribution in [0.25, 0.3) is 0 Å². The van der Waals surface area contributed by atoms with Crippen molar-refractivity contribution in [3.8, 4) is 0 Å². The van der Waals surface area contributed by atoms with Gasteiger partial charge in [0.2, 0.25) is 0 Å². The minimum atomic E-state index is -0.762. The molecule has 0 aromatic carbocycles. The highest BCUT2D eigenvalue weighted by atomic mass is 16.6. The highest BCUT2D eigenvalue weighted by Gasteiger charge is 2.19. The van der Waals surface area contributed by atoms with Gasteiger partial charge in [-0.15, -0.1) is 0 Å². The van der Waals surface area contributed by atoms with Gasteiger partial charge in [0.25, 0.3) is 0 Å². The van der Waals surface area contributed by atoms with Crippen LogP contribution in [0.1, 0.15) is 226 Å². The van der Waals surface area contributed by atoms with Crippen molar-refractivity contribution in [2.24, 2.45) is 0 Å². The molecule has 0 amide bonds. The second kappa shape index (κ2) is 38.9. The first-order chi connectivity index (χ1) is 24.0. The molecule has 6 heteroatoms. The van der Waals surface area contributed by atoms with Gasteiger partial charge in [-0.3, -0.25) is 14.4 Å². The van der Waals surface area contributed by atoms with Crippen LogP contribution in [0.5, 0.6) is 0 Å². The summed E-state index contributed by atoms with van der Waals surface area (Å²) in [6.45, 7) is 6.57. The van der Waals surface area contributed by atoms with Gasteiger partial charge in [0.05, 0.1) is 0 Å². The Labute approximate surface area is 303 Å². The Balaban J connectivity index is 4.33. The van der Waals surface area contributed by atoms with Crippen molar-refractivity contribution in [1.82, 2.24) is 0 Å². The van der Waals surface area contributed by atoms with Crippen molar-refractivity contribution >= 4 is 17.9 Å². The van der Waals surface area contributed by atoms with Gasteiger partial charge in [0, 0.05) is 19.3 Å². The summed E-state index contributed by atoms with van der Waals surface area (Å²) in [4.78, 5) is 37.5. The lowest BCUT2D eigenvalue weighted by atomic mass is 10.1. The van der Waals surface area contributed by atoms with E-state index >= 15 is 0 Å². The van der Waals surface area contributed by atoms with Crippen molar-refractivity contribution in [2.75, 3.05) is 13.2 Å². The predicted octanol–water partition coefficient (Wildman–Crippen LogP) is 13.1. The van der Waals surface area contributed by atoms with Gasteiger partial charge in [-0.1, -0.05) is 174 Å². The minimum absolute atomic E-state index is 0.0692. The smallest absolute Gasteiger partial charge is 0.306 e. The fourth-order valence-corrected chi connectivity index (χ4v) is 6.02. The van der Waals surface area contributed by atoms with E-state index in [-0.39, 0.29) is 31.1 Å². The predicted molar refractivity (Wildman–Crippen MR) is 206 cm³/mol. The number of rotatable bonds is 38. The molecule has 49 heavy (non-hydrogen) atoms. The number of esters is 3. The van der Waals surface area contributed by atoms with Crippen LogP contribution in [0, 0.1) is 0 Å². The summed E-state index contributed by atoms with van der Waals surface area (Å²) in [5.41, 5.74) is 0. The molecular weight excluding hydrogens is 612 g/mol. The molecule has 0 radical (unpaired) electrons. The summed E-state index contributed by atoms with van der Waals surface area (Å²) in [6, 6.07) is 0. The molecule has 0 aromatic rings. The van der Waals surface area contributed by atoms with Crippen LogP contribution in [-0.2, 0) is 28.6 Å². The maximum Gasteiger partial charge on any atom is 0.306 e. The van der Waals surface area contributed by atoms with Crippen molar-refractivity contribution < 1.29 is 28.6 Å². The fourth-order valence-electron chi connectivity index (χ4n) is 6.02. The summed E-state index contributed by atoms with van der Waals surface area (Å²) in [5.74, 6) is -0.881. The molecule has 0 fully saturated rings. The third-order valence-corrected chi connectivity index (χ3v) is 9.27. The number of ether oxygens (including phenoxy) is 3. The SMILES string of the molecule is CCCCCC/C=C\CCCCCCCC(=O)OC[C@@H](COC(=O)CCCCCCCCCCC)OC(=O)CCCCCCCCCCC. The third-order valence-electron chi connectivity index (χ3n) is 9.27. The van der Waals surface area contributed by atoms with E-state index in [1.807, 2.05) is 0 Å². The number of carbonyl (C=O) groups is 3. The molecule has 0 aliphatic heterocycles. The number of hydrogen-bond donors (Lipinski definition) is 0. The lowest BCUT2D eigenvalue weighted by Gasteiger charge is -2.18. The summed E-state index contributed by atoms with van der Waals surface area (Å²) < 4.78 is 16.6. The van der Waals surface area contributed by atoms with Crippen molar-refractivity contribution in [1.29, 1.82) is 0 Å². The Morgan fingerprint density at radius 1 is 0.388 bits per heavy atom. The lowest BCUT2D eigenvalue weighted by Crippen LogP contribution is -2.30. The molecule has 0 aliphatic rings. The quantitative estimate of drug-likeness (QED) is 0.0277. The summed E-state index contributed by atoms with van der Waals surface area (Å²) in [7, 11) is 0. The van der Waals surface area contributed by atoms with Crippen LogP contribution in [0.15, 0.2) is 12.2 Å². The standard InChI is InChI=1S/C43H80O6/c1-4-7-10-13-16-19-20-21-22-25-27-30-33-36-42(45)48-39-40(49-43(46)37-34-31-28-24-18-15-12-9-6-3)38-47-41(44)35-32-29-26-23-17-14-11-8-5-2/h19-20,40H,4-18,21-39H2,1-3H3/b20-19-/t40-/m1/s1. The molecule has 0 saturated carbocycles. The largest absolute Gasteiger partial charge is 0.462 e. The first-order valence-corrected chi connectivity index (χ1v) is 21.2. The van der Waals surface area contributed by atoms with Crippen molar-refractivity contribution in [2.45, 2.75) is 232 Å². The van der Waals surface area contributed by atoms with E-state index < -0.39 is 6.10 Å². The van der Waals surface area contributed by atoms with Gasteiger partial charge in [-0.2, -0.15) is 0 Å². The van der Waals surface area contributed by atoms with E-state index in [0.717, 1.165) is 64.2 Å². The molecule has 0 saturated heterocycles. The van der Waals surface area contributed by atoms with Crippen molar-refractivity contribution in [3.63, 3.8) is 0 Å². The van der Waals surface area contributed by atoms with Crippen LogP contribution in [0.2, 0.25) is 0 Å². The van der Waals surface area contributed by atoms with E-state index in [1.165, 1.54) is 122 Å². The lowest BCUT2D eigenvalue weighted by molar-refractivity contribution is -0.167. The highest BCUT2D eigenvalue weighted by Crippen LogP contribution is 2.14. The maximum atomic E-state index is 12.6. The molecule has 0 heterocycles. The van der Waals surface area contributed by atoms with E-state index in [0.29, 0.717) is 19.3 Å². The topological polar surface area (TPSA) is 78.9 Å². The zero-order valence-electron chi connectivity index (χ0n) is 32.7. The highest BCUT2D eigenvalue weighted by molar-refractivity contribution is 5.71. The molecule has 1 atom stereocenters. The van der Waals surface area contributed by atoms with Crippen LogP contribution >= 0.6 is 0 Å². The summed E-state index contributed by atoms with van der Waals surface area (Å²) in [5, 5.41) is 0. The Morgan fingerprint density at radius 3 is 1.04 bits per heavy atom. The summed E-state index contributed by atoms with van der Waals surface area (Å²) in [6.07, 6.45) is 39.1. The number of carbonyl (C=O) groups excluding carboxylic acids is 3. The van der Waals surface area contributed by atoms with E-state index in [4.69, 9.17) is 14.2 Å². The minimum Gasteiger partial charge on any atom is -0.462 e. The molecule has 0 rings (SSSR count). The zero-order chi connectivity index (χ0) is 35.9. The average Bonchev–Trinajstić information content (AvgIpc) is 3.10. The second-order valence-electron chi connectivity index (χ2n) is 14.3. The van der Waals surface area contributed by atoms with Crippen LogP contribution in [-0.4, -0.2) is 37.2 Å². The number of hydrogen-bond acceptors (Lipinski definition) is 6. The van der Waals surface area contributed by atoms with Crippen molar-refractivity contribution in [3.05, 3.63) is 12.2 Å². The average molecular weight is 693 g/mol. The van der Waals surface area contributed by atoms with Gasteiger partial charge in [-0.05, 0) is 44.9 Å². The Bertz CT molecular complexity index is 763. The number of unbranched alkanes of at least 4 members (excludes halogenated alkanes) is 25. The van der Waals surface area contributed by atoms with Crippen LogP contribution in [0.4, 0.5) is 0 Å². The Morgan fingerprint density at radius 2 is 0.673 bits per heavy atom. The first kappa shape index (κ1) is 47.1. The number of allylic oxidation sites excluding steroid dienone is 2. The molecule has 0 spiro atoms. The second-order valence-corrected chi connectivity index (χ2v) is 14.3. The van der Waals surface area contributed by atoms with E-state index in [1.54, 1.807) is 0 Å². The zero-order valence-corrected chi connectivity index (χ0v) is 32.7. The maximum absolute atomic E-state index is 12.6. The van der Waals surface area contributed by atoms with Gasteiger partial charge in [0.15, 0.2) is 6.10 Å². The van der Waals surface area contributed by atoms with E-state index in [2.05, 4.69) is 32.9 Å². The molecule has 288 valence electrons. The van der Waals surface area contributed by atoms with Gasteiger partial charge >= 0.3 is 17.9 Å². The monoisotopic (exact) mass is 693 g/mol. The normalized spacial score (nSPS) is 12.0.